The molecule has 0 amide bonds. The average molecular weight is 349 g/mol. The van der Waals surface area contributed by atoms with Gasteiger partial charge < -0.3 is 9.26 Å². The molecule has 2 aromatic heterocycles. The first kappa shape index (κ1) is 16.3. The van der Waals surface area contributed by atoms with E-state index in [9.17, 15) is 0 Å². The minimum absolute atomic E-state index is 0.245. The first-order chi connectivity index (χ1) is 12.6. The topological polar surface area (TPSA) is 78.9 Å². The third kappa shape index (κ3) is 2.61. The Morgan fingerprint density at radius 1 is 1.15 bits per heavy atom. The zero-order chi connectivity index (χ0) is 18.3. The van der Waals surface area contributed by atoms with E-state index in [-0.39, 0.29) is 6.04 Å². The summed E-state index contributed by atoms with van der Waals surface area (Å²) in [5, 5.41) is 12.6. The molecule has 2 aromatic carbocycles. The molecule has 0 bridgehead atoms. The molecule has 0 saturated carbocycles. The van der Waals surface area contributed by atoms with Crippen LogP contribution in [-0.2, 0) is 0 Å². The van der Waals surface area contributed by atoms with Crippen LogP contribution in [0.3, 0.4) is 0 Å². The number of methoxy groups -OCH3 is 1. The lowest BCUT2D eigenvalue weighted by Gasteiger charge is -2.07. The standard InChI is InChI=1S/C19H19N5O2/c1-11(2)24-15-9-8-13(10-14(15)21-23-24)19-20-18(22-26-19)17-12(3)6-5-7-16(17)25-4/h5-11H,1-4H3. The van der Waals surface area contributed by atoms with Crippen molar-refractivity contribution in [3.8, 4) is 28.6 Å². The minimum atomic E-state index is 0.245. The molecule has 2 heterocycles. The van der Waals surface area contributed by atoms with E-state index in [0.717, 1.165) is 27.7 Å². The van der Waals surface area contributed by atoms with E-state index in [1.54, 1.807) is 7.11 Å². The van der Waals surface area contributed by atoms with Gasteiger partial charge in [-0.1, -0.05) is 22.5 Å². The second-order valence-corrected chi connectivity index (χ2v) is 6.41. The Kier molecular flexibility index (Phi) is 3.91. The van der Waals surface area contributed by atoms with Crippen molar-refractivity contribution in [2.75, 3.05) is 7.11 Å². The van der Waals surface area contributed by atoms with Gasteiger partial charge in [-0.15, -0.1) is 5.10 Å². The fourth-order valence-corrected chi connectivity index (χ4v) is 3.00. The highest BCUT2D eigenvalue weighted by molar-refractivity contribution is 5.80. The number of rotatable bonds is 4. The van der Waals surface area contributed by atoms with Crippen molar-refractivity contribution in [2.45, 2.75) is 26.8 Å². The van der Waals surface area contributed by atoms with Gasteiger partial charge in [0.15, 0.2) is 0 Å². The highest BCUT2D eigenvalue weighted by Gasteiger charge is 2.17. The van der Waals surface area contributed by atoms with Crippen LogP contribution in [0.4, 0.5) is 0 Å². The van der Waals surface area contributed by atoms with Gasteiger partial charge in [-0.25, -0.2) is 4.68 Å². The predicted octanol–water partition coefficient (Wildman–Crippen LogP) is 4.05. The van der Waals surface area contributed by atoms with Crippen LogP contribution in [0.15, 0.2) is 40.9 Å². The van der Waals surface area contributed by atoms with E-state index in [1.165, 1.54) is 0 Å². The monoisotopic (exact) mass is 349 g/mol. The van der Waals surface area contributed by atoms with Gasteiger partial charge in [0.2, 0.25) is 5.82 Å². The van der Waals surface area contributed by atoms with Crippen LogP contribution in [0.2, 0.25) is 0 Å². The van der Waals surface area contributed by atoms with Gasteiger partial charge in [0, 0.05) is 11.6 Å². The number of hydrogen-bond donors (Lipinski definition) is 0. The van der Waals surface area contributed by atoms with Gasteiger partial charge in [0.25, 0.3) is 5.89 Å². The average Bonchev–Trinajstić information content (AvgIpc) is 3.27. The molecule has 0 atom stereocenters. The highest BCUT2D eigenvalue weighted by Crippen LogP contribution is 2.32. The van der Waals surface area contributed by atoms with Crippen molar-refractivity contribution in [2.24, 2.45) is 0 Å². The third-order valence-corrected chi connectivity index (χ3v) is 4.31. The first-order valence-electron chi connectivity index (χ1n) is 8.41. The molecule has 0 radical (unpaired) electrons. The van der Waals surface area contributed by atoms with Crippen molar-refractivity contribution in [3.05, 3.63) is 42.0 Å². The molecule has 7 nitrogen and oxygen atoms in total. The molecule has 0 aliphatic carbocycles. The van der Waals surface area contributed by atoms with E-state index in [4.69, 9.17) is 9.26 Å². The molecule has 4 aromatic rings. The van der Waals surface area contributed by atoms with Crippen LogP contribution in [0.5, 0.6) is 5.75 Å². The summed E-state index contributed by atoms with van der Waals surface area (Å²) in [4.78, 5) is 4.56. The van der Waals surface area contributed by atoms with Gasteiger partial charge in [-0.2, -0.15) is 4.98 Å². The van der Waals surface area contributed by atoms with Crippen molar-refractivity contribution >= 4 is 11.0 Å². The molecule has 0 saturated heterocycles. The quantitative estimate of drug-likeness (QED) is 0.553. The van der Waals surface area contributed by atoms with Crippen LogP contribution < -0.4 is 4.74 Å². The number of nitrogens with zero attached hydrogens (tertiary/aromatic N) is 5. The zero-order valence-electron chi connectivity index (χ0n) is 15.1. The largest absolute Gasteiger partial charge is 0.496 e. The summed E-state index contributed by atoms with van der Waals surface area (Å²) < 4.78 is 12.8. The van der Waals surface area contributed by atoms with Gasteiger partial charge in [-0.05, 0) is 50.6 Å². The Bertz CT molecular complexity index is 1080. The molecule has 0 unspecified atom stereocenters. The summed E-state index contributed by atoms with van der Waals surface area (Å²) in [6.45, 7) is 6.13. The zero-order valence-corrected chi connectivity index (χ0v) is 15.1. The van der Waals surface area contributed by atoms with E-state index >= 15 is 0 Å². The van der Waals surface area contributed by atoms with E-state index in [1.807, 2.05) is 48.0 Å². The number of fused-ring (bicyclic) bond motifs is 1. The fraction of sp³-hybridized carbons (Fsp3) is 0.263. The number of aryl methyl sites for hydroxylation is 1. The van der Waals surface area contributed by atoms with E-state index in [0.29, 0.717) is 17.5 Å². The maximum absolute atomic E-state index is 5.49. The SMILES string of the molecule is COc1cccc(C)c1-c1noc(-c2ccc3c(c2)nnn3C(C)C)n1. The van der Waals surface area contributed by atoms with E-state index in [2.05, 4.69) is 34.3 Å². The Balaban J connectivity index is 1.76. The number of ether oxygens (including phenoxy) is 1. The van der Waals surface area contributed by atoms with E-state index < -0.39 is 0 Å². The van der Waals surface area contributed by atoms with Gasteiger partial charge in [-0.3, -0.25) is 0 Å². The highest BCUT2D eigenvalue weighted by atomic mass is 16.5. The van der Waals surface area contributed by atoms with Gasteiger partial charge in [0.05, 0.1) is 18.2 Å². The molecule has 26 heavy (non-hydrogen) atoms. The summed E-state index contributed by atoms with van der Waals surface area (Å²) >= 11 is 0. The number of benzene rings is 2. The number of aromatic nitrogens is 5. The maximum atomic E-state index is 5.49. The van der Waals surface area contributed by atoms with Crippen molar-refractivity contribution in [1.29, 1.82) is 0 Å². The molecule has 132 valence electrons. The Hall–Kier alpha value is -3.22. The van der Waals surface area contributed by atoms with Crippen LogP contribution in [-0.4, -0.2) is 32.2 Å². The minimum Gasteiger partial charge on any atom is -0.496 e. The molecule has 0 aliphatic heterocycles. The summed E-state index contributed by atoms with van der Waals surface area (Å²) in [6, 6.07) is 11.9. The lowest BCUT2D eigenvalue weighted by molar-refractivity contribution is 0.413. The van der Waals surface area contributed by atoms with Gasteiger partial charge in [0.1, 0.15) is 11.3 Å². The van der Waals surface area contributed by atoms with Gasteiger partial charge >= 0.3 is 0 Å². The first-order valence-corrected chi connectivity index (χ1v) is 8.41. The maximum Gasteiger partial charge on any atom is 0.258 e. The molecule has 0 N–H and O–H groups in total. The molecule has 0 fully saturated rings. The normalized spacial score (nSPS) is 11.4. The number of hydrogen-bond acceptors (Lipinski definition) is 6. The van der Waals surface area contributed by atoms with Crippen LogP contribution in [0.1, 0.15) is 25.5 Å². The molecular formula is C19H19N5O2. The molecule has 0 aliphatic rings. The van der Waals surface area contributed by atoms with Crippen molar-refractivity contribution < 1.29 is 9.26 Å². The second kappa shape index (κ2) is 6.25. The molecular weight excluding hydrogens is 330 g/mol. The lowest BCUT2D eigenvalue weighted by Crippen LogP contribution is -2.02. The second-order valence-electron chi connectivity index (χ2n) is 6.41. The molecule has 7 heteroatoms. The Labute approximate surface area is 150 Å². The third-order valence-electron chi connectivity index (χ3n) is 4.31. The summed E-state index contributed by atoms with van der Waals surface area (Å²) in [6.07, 6.45) is 0. The lowest BCUT2D eigenvalue weighted by atomic mass is 10.1. The van der Waals surface area contributed by atoms with Crippen LogP contribution in [0, 0.1) is 6.92 Å². The van der Waals surface area contributed by atoms with Crippen LogP contribution in [0.25, 0.3) is 33.9 Å². The summed E-state index contributed by atoms with van der Waals surface area (Å²) in [5.41, 5.74) is 4.43. The van der Waals surface area contributed by atoms with Crippen molar-refractivity contribution in [1.82, 2.24) is 25.1 Å². The Morgan fingerprint density at radius 2 is 2.00 bits per heavy atom. The van der Waals surface area contributed by atoms with Crippen LogP contribution >= 0.6 is 0 Å². The smallest absolute Gasteiger partial charge is 0.258 e. The molecule has 4 rings (SSSR count). The predicted molar refractivity (Wildman–Crippen MR) is 97.9 cm³/mol. The van der Waals surface area contributed by atoms with Crippen molar-refractivity contribution in [3.63, 3.8) is 0 Å². The summed E-state index contributed by atoms with van der Waals surface area (Å²) in [5.74, 6) is 1.65. The fourth-order valence-electron chi connectivity index (χ4n) is 3.00. The summed E-state index contributed by atoms with van der Waals surface area (Å²) in [7, 11) is 1.63. The Morgan fingerprint density at radius 3 is 2.77 bits per heavy atom. The molecule has 0 spiro atoms.